The first-order valence-corrected chi connectivity index (χ1v) is 7.88. The second kappa shape index (κ2) is 8.39. The number of halogens is 1. The van der Waals surface area contributed by atoms with Gasteiger partial charge >= 0.3 is 5.97 Å². The molecule has 132 valence electrons. The van der Waals surface area contributed by atoms with E-state index in [9.17, 15) is 9.59 Å². The summed E-state index contributed by atoms with van der Waals surface area (Å²) in [5.74, 6) is -0.0592. The Balaban J connectivity index is 2.17. The number of esters is 1. The van der Waals surface area contributed by atoms with Crippen LogP contribution in [0.25, 0.3) is 0 Å². The number of nitrogens with one attached hydrogen (secondary N) is 1. The normalized spacial score (nSPS) is 10.1. The minimum atomic E-state index is -0.410. The zero-order chi connectivity index (χ0) is 18.4. The van der Waals surface area contributed by atoms with Gasteiger partial charge in [-0.2, -0.15) is 0 Å². The molecule has 2 aromatic rings. The van der Waals surface area contributed by atoms with Crippen LogP contribution in [0.5, 0.6) is 11.5 Å². The Bertz CT molecular complexity index is 774. The van der Waals surface area contributed by atoms with Crippen LogP contribution in [-0.2, 0) is 4.74 Å². The molecule has 2 rings (SSSR count). The lowest BCUT2D eigenvalue weighted by Gasteiger charge is -2.12. The molecule has 6 nitrogen and oxygen atoms in total. The van der Waals surface area contributed by atoms with E-state index in [-0.39, 0.29) is 10.9 Å². The molecule has 1 N–H and O–H groups in total. The highest BCUT2D eigenvalue weighted by molar-refractivity contribution is 6.32. The van der Waals surface area contributed by atoms with Crippen molar-refractivity contribution >= 4 is 29.2 Å². The first-order chi connectivity index (χ1) is 12.0. The maximum atomic E-state index is 12.4. The largest absolute Gasteiger partial charge is 0.493 e. The minimum absolute atomic E-state index is 0.268. The van der Waals surface area contributed by atoms with Crippen LogP contribution in [0.2, 0.25) is 5.02 Å². The molecule has 0 aromatic heterocycles. The van der Waals surface area contributed by atoms with E-state index in [0.717, 1.165) is 0 Å². The van der Waals surface area contributed by atoms with Crippen molar-refractivity contribution in [3.05, 3.63) is 52.5 Å². The van der Waals surface area contributed by atoms with Crippen LogP contribution in [0.3, 0.4) is 0 Å². The van der Waals surface area contributed by atoms with Gasteiger partial charge in [0.2, 0.25) is 0 Å². The van der Waals surface area contributed by atoms with E-state index in [1.54, 1.807) is 31.2 Å². The summed E-state index contributed by atoms with van der Waals surface area (Å²) in [7, 11) is 2.93. The number of anilines is 1. The molecule has 0 bridgehead atoms. The number of methoxy groups -OCH3 is 2. The first kappa shape index (κ1) is 18.6. The summed E-state index contributed by atoms with van der Waals surface area (Å²) in [6, 6.07) is 9.42. The molecule has 0 spiro atoms. The molecule has 1 amide bonds. The lowest BCUT2D eigenvalue weighted by atomic mass is 10.1. The molecule has 0 heterocycles. The lowest BCUT2D eigenvalue weighted by Crippen LogP contribution is -2.12. The molecular weight excluding hydrogens is 346 g/mol. The third-order valence-electron chi connectivity index (χ3n) is 3.35. The van der Waals surface area contributed by atoms with Crippen molar-refractivity contribution in [2.24, 2.45) is 0 Å². The van der Waals surface area contributed by atoms with E-state index in [1.807, 2.05) is 0 Å². The van der Waals surface area contributed by atoms with Gasteiger partial charge in [0.25, 0.3) is 5.91 Å². The fraction of sp³-hybridized carbons (Fsp3) is 0.222. The second-order valence-electron chi connectivity index (χ2n) is 4.95. The Kier molecular flexibility index (Phi) is 6.25. The van der Waals surface area contributed by atoms with Gasteiger partial charge in [-0.1, -0.05) is 11.6 Å². The summed E-state index contributed by atoms with van der Waals surface area (Å²) in [4.78, 5) is 24.0. The monoisotopic (exact) mass is 363 g/mol. The molecule has 0 radical (unpaired) electrons. The third kappa shape index (κ3) is 4.42. The average molecular weight is 364 g/mol. The van der Waals surface area contributed by atoms with Crippen LogP contribution in [0, 0.1) is 0 Å². The Morgan fingerprint density at radius 2 is 1.72 bits per heavy atom. The van der Waals surface area contributed by atoms with E-state index in [4.69, 9.17) is 25.8 Å². The minimum Gasteiger partial charge on any atom is -0.493 e. The molecule has 0 atom stereocenters. The van der Waals surface area contributed by atoms with Gasteiger partial charge in [-0.05, 0) is 43.3 Å². The van der Waals surface area contributed by atoms with Crippen LogP contribution in [-0.4, -0.2) is 32.7 Å². The molecule has 2 aromatic carbocycles. The van der Waals surface area contributed by atoms with Gasteiger partial charge in [-0.15, -0.1) is 0 Å². The van der Waals surface area contributed by atoms with Gasteiger partial charge in [-0.3, -0.25) is 4.79 Å². The topological polar surface area (TPSA) is 73.9 Å². The number of carbonyl (C=O) groups excluding carboxylic acids is 2. The van der Waals surface area contributed by atoms with E-state index in [1.165, 1.54) is 26.4 Å². The van der Waals surface area contributed by atoms with Crippen molar-refractivity contribution in [1.29, 1.82) is 0 Å². The fourth-order valence-corrected chi connectivity index (χ4v) is 2.44. The van der Waals surface area contributed by atoms with E-state index in [0.29, 0.717) is 34.9 Å². The first-order valence-electron chi connectivity index (χ1n) is 7.50. The highest BCUT2D eigenvalue weighted by Gasteiger charge is 2.15. The summed E-state index contributed by atoms with van der Waals surface area (Å²) < 4.78 is 15.2. The Labute approximate surface area is 150 Å². The van der Waals surface area contributed by atoms with Gasteiger partial charge in [0.1, 0.15) is 0 Å². The number of rotatable bonds is 6. The Hall–Kier alpha value is -2.73. The highest BCUT2D eigenvalue weighted by Crippen LogP contribution is 2.36. The molecule has 0 aliphatic carbocycles. The molecule has 0 aliphatic rings. The van der Waals surface area contributed by atoms with Crippen molar-refractivity contribution in [3.8, 4) is 11.5 Å². The maximum Gasteiger partial charge on any atom is 0.338 e. The smallest absolute Gasteiger partial charge is 0.338 e. The van der Waals surface area contributed by atoms with E-state index in [2.05, 4.69) is 5.32 Å². The van der Waals surface area contributed by atoms with Gasteiger partial charge in [0, 0.05) is 11.3 Å². The van der Waals surface area contributed by atoms with Crippen molar-refractivity contribution in [2.75, 3.05) is 26.1 Å². The highest BCUT2D eigenvalue weighted by atomic mass is 35.5. The van der Waals surface area contributed by atoms with Crippen molar-refractivity contribution in [2.45, 2.75) is 6.92 Å². The number of amides is 1. The number of ether oxygens (including phenoxy) is 3. The Morgan fingerprint density at radius 1 is 1.04 bits per heavy atom. The standard InChI is InChI=1S/C18H18ClNO5/c1-4-25-18(22)11-5-7-13(8-6-11)20-17(21)12-9-14(19)16(24-3)15(10-12)23-2/h5-10H,4H2,1-3H3,(H,20,21). The Morgan fingerprint density at radius 3 is 2.28 bits per heavy atom. The summed E-state index contributed by atoms with van der Waals surface area (Å²) in [6.45, 7) is 2.04. The summed E-state index contributed by atoms with van der Waals surface area (Å²) in [6.07, 6.45) is 0. The zero-order valence-electron chi connectivity index (χ0n) is 14.1. The van der Waals surface area contributed by atoms with Crippen LogP contribution >= 0.6 is 11.6 Å². The SMILES string of the molecule is CCOC(=O)c1ccc(NC(=O)c2cc(Cl)c(OC)c(OC)c2)cc1. The number of carbonyl (C=O) groups is 2. The molecular formula is C18H18ClNO5. The number of benzene rings is 2. The second-order valence-corrected chi connectivity index (χ2v) is 5.35. The molecule has 7 heteroatoms. The van der Waals surface area contributed by atoms with E-state index < -0.39 is 5.97 Å². The summed E-state index contributed by atoms with van der Waals surface area (Å²) in [5, 5.41) is 2.99. The quantitative estimate of drug-likeness (QED) is 0.790. The van der Waals surface area contributed by atoms with Crippen LogP contribution in [0.1, 0.15) is 27.6 Å². The number of hydrogen-bond donors (Lipinski definition) is 1. The molecule has 25 heavy (non-hydrogen) atoms. The van der Waals surface area contributed by atoms with Crippen LogP contribution in [0.4, 0.5) is 5.69 Å². The fourth-order valence-electron chi connectivity index (χ4n) is 2.16. The molecule has 0 fully saturated rings. The number of hydrogen-bond acceptors (Lipinski definition) is 5. The van der Waals surface area contributed by atoms with Crippen molar-refractivity contribution in [3.63, 3.8) is 0 Å². The van der Waals surface area contributed by atoms with Crippen molar-refractivity contribution < 1.29 is 23.8 Å². The molecule has 0 aliphatic heterocycles. The van der Waals surface area contributed by atoms with Crippen molar-refractivity contribution in [1.82, 2.24) is 0 Å². The van der Waals surface area contributed by atoms with Crippen LogP contribution in [0.15, 0.2) is 36.4 Å². The molecule has 0 saturated carbocycles. The van der Waals surface area contributed by atoms with Gasteiger partial charge < -0.3 is 19.5 Å². The molecule has 0 unspecified atom stereocenters. The molecule has 0 saturated heterocycles. The van der Waals surface area contributed by atoms with E-state index >= 15 is 0 Å². The maximum absolute atomic E-state index is 12.4. The summed E-state index contributed by atoms with van der Waals surface area (Å²) >= 11 is 6.11. The third-order valence-corrected chi connectivity index (χ3v) is 3.63. The zero-order valence-corrected chi connectivity index (χ0v) is 14.8. The predicted molar refractivity (Wildman–Crippen MR) is 94.9 cm³/mol. The van der Waals surface area contributed by atoms with Crippen LogP contribution < -0.4 is 14.8 Å². The van der Waals surface area contributed by atoms with Gasteiger partial charge in [-0.25, -0.2) is 4.79 Å². The van der Waals surface area contributed by atoms with Gasteiger partial charge in [0.15, 0.2) is 11.5 Å². The summed E-state index contributed by atoms with van der Waals surface area (Å²) in [5.41, 5.74) is 1.26. The van der Waals surface area contributed by atoms with Gasteiger partial charge in [0.05, 0.1) is 31.4 Å². The average Bonchev–Trinajstić information content (AvgIpc) is 2.61. The lowest BCUT2D eigenvalue weighted by molar-refractivity contribution is 0.0526. The predicted octanol–water partition coefficient (Wildman–Crippen LogP) is 3.79.